The molecule has 84 valence electrons. The summed E-state index contributed by atoms with van der Waals surface area (Å²) in [4.78, 5) is 4.35. The summed E-state index contributed by atoms with van der Waals surface area (Å²) in [5, 5.41) is 8.48. The van der Waals surface area contributed by atoms with Crippen LogP contribution in [0, 0.1) is 0 Å². The highest BCUT2D eigenvalue weighted by Crippen LogP contribution is 2.16. The monoisotopic (exact) mass is 233 g/mol. The molecular weight excluding hydrogens is 218 g/mol. The number of hydrogen-bond acceptors (Lipinski definition) is 4. The number of thioether (sulfide) groups is 1. The molecule has 0 N–H and O–H groups in total. The average molecular weight is 233 g/mol. The molecule has 4 heteroatoms. The molecular formula is C12H15N3S. The number of aromatic nitrogens is 3. The molecule has 0 amide bonds. The molecule has 2 rings (SSSR count). The molecule has 0 atom stereocenters. The first kappa shape index (κ1) is 12.6. The van der Waals surface area contributed by atoms with Crippen LogP contribution >= 0.6 is 11.8 Å². The first-order valence-electron chi connectivity index (χ1n) is 5.19. The second-order valence-corrected chi connectivity index (χ2v) is 3.47. The molecule has 0 aliphatic rings. The van der Waals surface area contributed by atoms with Crippen molar-refractivity contribution >= 4 is 11.8 Å². The van der Waals surface area contributed by atoms with E-state index in [1.54, 1.807) is 6.20 Å². The van der Waals surface area contributed by atoms with E-state index in [1.807, 2.05) is 50.4 Å². The maximum atomic E-state index is 4.35. The lowest BCUT2D eigenvalue weighted by Crippen LogP contribution is -1.92. The third-order valence-electron chi connectivity index (χ3n) is 1.79. The van der Waals surface area contributed by atoms with Crippen molar-refractivity contribution in [3.8, 4) is 11.3 Å². The third-order valence-corrected chi connectivity index (χ3v) is 2.33. The Labute approximate surface area is 100 Å². The Balaban J connectivity index is 0.000000606. The van der Waals surface area contributed by atoms with E-state index in [9.17, 15) is 0 Å². The van der Waals surface area contributed by atoms with Gasteiger partial charge in [-0.1, -0.05) is 55.9 Å². The van der Waals surface area contributed by atoms with E-state index in [0.29, 0.717) is 5.16 Å². The fourth-order valence-corrected chi connectivity index (χ4v) is 1.44. The number of nitrogens with zero attached hydrogens (tertiary/aromatic N) is 3. The minimum atomic E-state index is 0.700. The summed E-state index contributed by atoms with van der Waals surface area (Å²) in [7, 11) is 0. The van der Waals surface area contributed by atoms with Crippen molar-refractivity contribution in [1.29, 1.82) is 0 Å². The van der Waals surface area contributed by atoms with Crippen molar-refractivity contribution in [2.24, 2.45) is 0 Å². The van der Waals surface area contributed by atoms with Crippen molar-refractivity contribution in [2.75, 3.05) is 6.26 Å². The van der Waals surface area contributed by atoms with Gasteiger partial charge in [-0.25, -0.2) is 4.98 Å². The standard InChI is InChI=1S/C10H9N3S.C2H6/c1-14-10-12-9(7-11-13-10)8-5-3-2-4-6-8;1-2/h2-7H,1H3;1-2H3. The SMILES string of the molecule is CC.CSc1nncc(-c2ccccc2)n1. The minimum absolute atomic E-state index is 0.700. The molecule has 16 heavy (non-hydrogen) atoms. The predicted molar refractivity (Wildman–Crippen MR) is 68.4 cm³/mol. The van der Waals surface area contributed by atoms with Gasteiger partial charge in [0.15, 0.2) is 0 Å². The summed E-state index contributed by atoms with van der Waals surface area (Å²) in [6.07, 6.45) is 3.61. The summed E-state index contributed by atoms with van der Waals surface area (Å²) in [6.45, 7) is 4.00. The zero-order valence-electron chi connectivity index (χ0n) is 9.71. The quantitative estimate of drug-likeness (QED) is 0.746. The number of hydrogen-bond donors (Lipinski definition) is 0. The summed E-state index contributed by atoms with van der Waals surface area (Å²) >= 11 is 1.49. The Morgan fingerprint density at radius 1 is 1.06 bits per heavy atom. The fourth-order valence-electron chi connectivity index (χ4n) is 1.12. The second kappa shape index (κ2) is 6.95. The van der Waals surface area contributed by atoms with Crippen LogP contribution < -0.4 is 0 Å². The van der Waals surface area contributed by atoms with Gasteiger partial charge < -0.3 is 0 Å². The highest BCUT2D eigenvalue weighted by Gasteiger charge is 2.00. The Bertz CT molecular complexity index is 418. The van der Waals surface area contributed by atoms with E-state index in [4.69, 9.17) is 0 Å². The van der Waals surface area contributed by atoms with Crippen LogP contribution in [-0.2, 0) is 0 Å². The number of benzene rings is 1. The van der Waals surface area contributed by atoms with Crippen molar-refractivity contribution < 1.29 is 0 Å². The van der Waals surface area contributed by atoms with Gasteiger partial charge in [-0.05, 0) is 6.26 Å². The van der Waals surface area contributed by atoms with Crippen LogP contribution in [0.2, 0.25) is 0 Å². The van der Waals surface area contributed by atoms with Crippen LogP contribution in [0.3, 0.4) is 0 Å². The van der Waals surface area contributed by atoms with Gasteiger partial charge in [0, 0.05) is 5.56 Å². The van der Waals surface area contributed by atoms with Crippen LogP contribution in [0.1, 0.15) is 13.8 Å². The first-order chi connectivity index (χ1) is 7.90. The molecule has 1 heterocycles. The van der Waals surface area contributed by atoms with Crippen molar-refractivity contribution in [1.82, 2.24) is 15.2 Å². The molecule has 0 aliphatic carbocycles. The van der Waals surface area contributed by atoms with Crippen LogP contribution in [0.15, 0.2) is 41.7 Å². The molecule has 3 nitrogen and oxygen atoms in total. The molecule has 1 aromatic heterocycles. The summed E-state index contributed by atoms with van der Waals surface area (Å²) < 4.78 is 0. The maximum Gasteiger partial charge on any atom is 0.209 e. The molecule has 0 saturated carbocycles. The van der Waals surface area contributed by atoms with Gasteiger partial charge in [0.05, 0.1) is 11.9 Å². The molecule has 0 fully saturated rings. The zero-order valence-corrected chi connectivity index (χ0v) is 10.5. The largest absolute Gasteiger partial charge is 0.219 e. The van der Waals surface area contributed by atoms with Gasteiger partial charge in [0.1, 0.15) is 0 Å². The van der Waals surface area contributed by atoms with Crippen molar-refractivity contribution in [2.45, 2.75) is 19.0 Å². The van der Waals surface area contributed by atoms with Gasteiger partial charge in [-0.2, -0.15) is 5.10 Å². The van der Waals surface area contributed by atoms with E-state index in [0.717, 1.165) is 11.3 Å². The van der Waals surface area contributed by atoms with E-state index >= 15 is 0 Å². The molecule has 1 aromatic carbocycles. The second-order valence-electron chi connectivity index (χ2n) is 2.69. The Hall–Kier alpha value is -1.42. The molecule has 0 unspecified atom stereocenters. The Kier molecular flexibility index (Phi) is 5.50. The third kappa shape index (κ3) is 3.31. The molecule has 0 bridgehead atoms. The van der Waals surface area contributed by atoms with Gasteiger partial charge >= 0.3 is 0 Å². The molecule has 0 radical (unpaired) electrons. The van der Waals surface area contributed by atoms with E-state index in [1.165, 1.54) is 11.8 Å². The van der Waals surface area contributed by atoms with E-state index < -0.39 is 0 Å². The fraction of sp³-hybridized carbons (Fsp3) is 0.250. The molecule has 0 spiro atoms. The van der Waals surface area contributed by atoms with Gasteiger partial charge in [0.2, 0.25) is 5.16 Å². The van der Waals surface area contributed by atoms with E-state index in [2.05, 4.69) is 15.2 Å². The van der Waals surface area contributed by atoms with E-state index in [-0.39, 0.29) is 0 Å². The van der Waals surface area contributed by atoms with Crippen molar-refractivity contribution in [3.05, 3.63) is 36.5 Å². The van der Waals surface area contributed by atoms with Crippen LogP contribution in [0.5, 0.6) is 0 Å². The van der Waals surface area contributed by atoms with Crippen molar-refractivity contribution in [3.63, 3.8) is 0 Å². The highest BCUT2D eigenvalue weighted by molar-refractivity contribution is 7.98. The molecule has 2 aromatic rings. The predicted octanol–water partition coefficient (Wildman–Crippen LogP) is 3.29. The lowest BCUT2D eigenvalue weighted by atomic mass is 10.2. The van der Waals surface area contributed by atoms with Crippen LogP contribution in [0.25, 0.3) is 11.3 Å². The summed E-state index contributed by atoms with van der Waals surface area (Å²) in [5.74, 6) is 0. The Morgan fingerprint density at radius 2 is 1.75 bits per heavy atom. The zero-order chi connectivity index (χ0) is 11.8. The minimum Gasteiger partial charge on any atom is -0.219 e. The normalized spacial score (nSPS) is 9.19. The van der Waals surface area contributed by atoms with Gasteiger partial charge in [-0.15, -0.1) is 5.10 Å². The van der Waals surface area contributed by atoms with Crippen LogP contribution in [-0.4, -0.2) is 21.4 Å². The summed E-state index contributed by atoms with van der Waals surface area (Å²) in [5.41, 5.74) is 1.93. The smallest absolute Gasteiger partial charge is 0.209 e. The van der Waals surface area contributed by atoms with Gasteiger partial charge in [-0.3, -0.25) is 0 Å². The Morgan fingerprint density at radius 3 is 2.38 bits per heavy atom. The molecule has 0 saturated heterocycles. The summed E-state index contributed by atoms with van der Waals surface area (Å²) in [6, 6.07) is 9.96. The molecule has 0 aliphatic heterocycles. The topological polar surface area (TPSA) is 38.7 Å². The first-order valence-corrected chi connectivity index (χ1v) is 6.42. The lowest BCUT2D eigenvalue weighted by Gasteiger charge is -1.99. The highest BCUT2D eigenvalue weighted by atomic mass is 32.2. The maximum absolute atomic E-state index is 4.35. The average Bonchev–Trinajstić information content (AvgIpc) is 2.42. The lowest BCUT2D eigenvalue weighted by molar-refractivity contribution is 0.846. The number of rotatable bonds is 2. The van der Waals surface area contributed by atoms with Crippen LogP contribution in [0.4, 0.5) is 0 Å². The van der Waals surface area contributed by atoms with Gasteiger partial charge in [0.25, 0.3) is 0 Å².